The molecule has 4 rings (SSSR count). The molecule has 0 saturated carbocycles. The SMILES string of the molecule is O=C(NCc1ccc(F)cc1)C1CCCN(c2ncc(-c3cccc(F)c3)cn2)C1. The molecule has 154 valence electrons. The lowest BCUT2D eigenvalue weighted by Crippen LogP contribution is -2.43. The van der Waals surface area contributed by atoms with Gasteiger partial charge in [0.1, 0.15) is 11.6 Å². The highest BCUT2D eigenvalue weighted by Gasteiger charge is 2.27. The summed E-state index contributed by atoms with van der Waals surface area (Å²) in [7, 11) is 0. The topological polar surface area (TPSA) is 58.1 Å². The maximum atomic E-state index is 13.4. The largest absolute Gasteiger partial charge is 0.352 e. The van der Waals surface area contributed by atoms with Crippen LogP contribution in [-0.2, 0) is 11.3 Å². The molecule has 0 aliphatic carbocycles. The Hall–Kier alpha value is -3.35. The summed E-state index contributed by atoms with van der Waals surface area (Å²) in [5, 5.41) is 2.93. The molecule has 2 heterocycles. The van der Waals surface area contributed by atoms with Gasteiger partial charge in [0.15, 0.2) is 0 Å². The van der Waals surface area contributed by atoms with Crippen LogP contribution in [0.15, 0.2) is 60.9 Å². The molecule has 7 heteroatoms. The van der Waals surface area contributed by atoms with Crippen LogP contribution >= 0.6 is 0 Å². The van der Waals surface area contributed by atoms with Crippen molar-refractivity contribution in [2.75, 3.05) is 18.0 Å². The lowest BCUT2D eigenvalue weighted by molar-refractivity contribution is -0.125. The molecule has 3 aromatic rings. The predicted octanol–water partition coefficient (Wildman–Crippen LogP) is 3.95. The van der Waals surface area contributed by atoms with Crippen LogP contribution in [0.25, 0.3) is 11.1 Å². The van der Waals surface area contributed by atoms with Gasteiger partial charge in [-0.25, -0.2) is 18.7 Å². The summed E-state index contributed by atoms with van der Waals surface area (Å²) < 4.78 is 26.4. The third kappa shape index (κ3) is 4.79. The van der Waals surface area contributed by atoms with E-state index >= 15 is 0 Å². The molecule has 2 aromatic carbocycles. The fraction of sp³-hybridized carbons (Fsp3) is 0.261. The second-order valence-electron chi connectivity index (χ2n) is 7.41. The standard InChI is InChI=1S/C23H22F2N4O/c24-20-8-6-16(7-9-20)12-26-22(30)18-4-2-10-29(15-18)23-27-13-19(14-28-23)17-3-1-5-21(25)11-17/h1,3,5-9,11,13-14,18H,2,4,10,12,15H2,(H,26,30). The number of piperidine rings is 1. The molecule has 0 spiro atoms. The van der Waals surface area contributed by atoms with Crippen LogP contribution in [0, 0.1) is 17.6 Å². The Morgan fingerprint density at radius 3 is 2.53 bits per heavy atom. The highest BCUT2D eigenvalue weighted by atomic mass is 19.1. The van der Waals surface area contributed by atoms with E-state index in [4.69, 9.17) is 0 Å². The van der Waals surface area contributed by atoms with E-state index in [0.717, 1.165) is 36.1 Å². The third-order valence-electron chi connectivity index (χ3n) is 5.25. The maximum absolute atomic E-state index is 13.4. The lowest BCUT2D eigenvalue weighted by atomic mass is 9.97. The maximum Gasteiger partial charge on any atom is 0.225 e. The molecule has 1 aromatic heterocycles. The normalized spacial score (nSPS) is 16.3. The van der Waals surface area contributed by atoms with Crippen molar-refractivity contribution in [1.82, 2.24) is 15.3 Å². The summed E-state index contributed by atoms with van der Waals surface area (Å²) in [5.41, 5.74) is 2.32. The summed E-state index contributed by atoms with van der Waals surface area (Å²) >= 11 is 0. The van der Waals surface area contributed by atoms with Crippen molar-refractivity contribution in [2.45, 2.75) is 19.4 Å². The van der Waals surface area contributed by atoms with E-state index < -0.39 is 0 Å². The number of nitrogens with zero attached hydrogens (tertiary/aromatic N) is 3. The first-order valence-corrected chi connectivity index (χ1v) is 9.93. The van der Waals surface area contributed by atoms with Gasteiger partial charge >= 0.3 is 0 Å². The molecule has 0 bridgehead atoms. The van der Waals surface area contributed by atoms with Gasteiger partial charge in [-0.05, 0) is 48.2 Å². The third-order valence-corrected chi connectivity index (χ3v) is 5.25. The average Bonchev–Trinajstić information content (AvgIpc) is 2.79. The van der Waals surface area contributed by atoms with Gasteiger partial charge in [0, 0.05) is 37.6 Å². The number of carbonyl (C=O) groups is 1. The summed E-state index contributed by atoms with van der Waals surface area (Å²) in [4.78, 5) is 23.5. The smallest absolute Gasteiger partial charge is 0.225 e. The zero-order chi connectivity index (χ0) is 20.9. The Labute approximate surface area is 173 Å². The molecular weight excluding hydrogens is 386 g/mol. The number of aromatic nitrogens is 2. The van der Waals surface area contributed by atoms with Crippen LogP contribution in [-0.4, -0.2) is 29.0 Å². The fourth-order valence-corrected chi connectivity index (χ4v) is 3.61. The van der Waals surface area contributed by atoms with Crippen molar-refractivity contribution in [3.63, 3.8) is 0 Å². The van der Waals surface area contributed by atoms with E-state index in [-0.39, 0.29) is 23.5 Å². The minimum atomic E-state index is -0.304. The van der Waals surface area contributed by atoms with Crippen LogP contribution in [0.4, 0.5) is 14.7 Å². The van der Waals surface area contributed by atoms with Crippen LogP contribution < -0.4 is 10.2 Å². The number of halogens is 2. The summed E-state index contributed by atoms with van der Waals surface area (Å²) in [6.45, 7) is 1.68. The predicted molar refractivity (Wildman–Crippen MR) is 111 cm³/mol. The van der Waals surface area contributed by atoms with E-state index in [0.29, 0.717) is 19.0 Å². The molecule has 1 aliphatic heterocycles. The number of anilines is 1. The zero-order valence-electron chi connectivity index (χ0n) is 16.4. The van der Waals surface area contributed by atoms with Gasteiger partial charge in [0.05, 0.1) is 5.92 Å². The molecule has 1 amide bonds. The Morgan fingerprint density at radius 2 is 1.80 bits per heavy atom. The highest BCUT2D eigenvalue weighted by Crippen LogP contribution is 2.23. The van der Waals surface area contributed by atoms with E-state index in [1.165, 1.54) is 24.3 Å². The van der Waals surface area contributed by atoms with Gasteiger partial charge < -0.3 is 10.2 Å². The molecule has 1 saturated heterocycles. The van der Waals surface area contributed by atoms with Gasteiger partial charge in [0.2, 0.25) is 11.9 Å². The van der Waals surface area contributed by atoms with Gasteiger partial charge in [0.25, 0.3) is 0 Å². The van der Waals surface area contributed by atoms with Crippen molar-refractivity contribution < 1.29 is 13.6 Å². The van der Waals surface area contributed by atoms with Gasteiger partial charge in [-0.2, -0.15) is 0 Å². The van der Waals surface area contributed by atoms with Gasteiger partial charge in [-0.15, -0.1) is 0 Å². The Kier molecular flexibility index (Phi) is 5.97. The lowest BCUT2D eigenvalue weighted by Gasteiger charge is -2.32. The van der Waals surface area contributed by atoms with Crippen molar-refractivity contribution >= 4 is 11.9 Å². The number of amides is 1. The van der Waals surface area contributed by atoms with E-state index in [1.807, 2.05) is 11.0 Å². The highest BCUT2D eigenvalue weighted by molar-refractivity contribution is 5.79. The molecule has 1 fully saturated rings. The minimum Gasteiger partial charge on any atom is -0.352 e. The van der Waals surface area contributed by atoms with Crippen molar-refractivity contribution in [3.05, 3.63) is 78.1 Å². The quantitative estimate of drug-likeness (QED) is 0.695. The summed E-state index contributed by atoms with van der Waals surface area (Å²) in [5.74, 6) is -0.226. The average molecular weight is 408 g/mol. The molecule has 0 radical (unpaired) electrons. The van der Waals surface area contributed by atoms with Crippen LogP contribution in [0.3, 0.4) is 0 Å². The van der Waals surface area contributed by atoms with Crippen molar-refractivity contribution in [2.24, 2.45) is 5.92 Å². The number of hydrogen-bond donors (Lipinski definition) is 1. The Morgan fingerprint density at radius 1 is 1.03 bits per heavy atom. The number of carbonyl (C=O) groups excluding carboxylic acids is 1. The molecule has 1 atom stereocenters. The second kappa shape index (κ2) is 8.98. The number of nitrogens with one attached hydrogen (secondary N) is 1. The zero-order valence-corrected chi connectivity index (χ0v) is 16.4. The van der Waals surface area contributed by atoms with E-state index in [9.17, 15) is 13.6 Å². The number of rotatable bonds is 5. The number of hydrogen-bond acceptors (Lipinski definition) is 4. The van der Waals surface area contributed by atoms with E-state index in [1.54, 1.807) is 30.6 Å². The Bertz CT molecular complexity index is 1010. The Balaban J connectivity index is 1.37. The van der Waals surface area contributed by atoms with Crippen LogP contribution in [0.2, 0.25) is 0 Å². The monoisotopic (exact) mass is 408 g/mol. The molecule has 5 nitrogen and oxygen atoms in total. The second-order valence-corrected chi connectivity index (χ2v) is 7.41. The summed E-state index contributed by atoms with van der Waals surface area (Å²) in [6, 6.07) is 12.4. The number of benzene rings is 2. The van der Waals surface area contributed by atoms with Gasteiger partial charge in [-0.3, -0.25) is 4.79 Å². The molecule has 1 N–H and O–H groups in total. The molecule has 1 unspecified atom stereocenters. The first-order chi connectivity index (χ1) is 14.6. The first kappa shape index (κ1) is 19.9. The van der Waals surface area contributed by atoms with Crippen molar-refractivity contribution in [3.8, 4) is 11.1 Å². The van der Waals surface area contributed by atoms with Gasteiger partial charge in [-0.1, -0.05) is 24.3 Å². The van der Waals surface area contributed by atoms with Crippen LogP contribution in [0.1, 0.15) is 18.4 Å². The minimum absolute atomic E-state index is 0.0274. The first-order valence-electron chi connectivity index (χ1n) is 9.93. The molecular formula is C23H22F2N4O. The van der Waals surface area contributed by atoms with E-state index in [2.05, 4.69) is 15.3 Å². The fourth-order valence-electron chi connectivity index (χ4n) is 3.61. The van der Waals surface area contributed by atoms with Crippen LogP contribution in [0.5, 0.6) is 0 Å². The molecule has 1 aliphatic rings. The summed E-state index contributed by atoms with van der Waals surface area (Å²) in [6.07, 6.45) is 5.02. The molecule has 30 heavy (non-hydrogen) atoms. The van der Waals surface area contributed by atoms with Crippen molar-refractivity contribution in [1.29, 1.82) is 0 Å².